The Balaban J connectivity index is 1.39. The molecule has 10 nitrogen and oxygen atoms in total. The Morgan fingerprint density at radius 3 is 2.26 bits per heavy atom. The molecule has 11 heteroatoms. The molecule has 0 saturated carbocycles. The molecule has 1 saturated heterocycles. The molecular weight excluding hydrogens is 651 g/mol. The van der Waals surface area contributed by atoms with Crippen LogP contribution in [0.5, 0.6) is 5.75 Å². The predicted molar refractivity (Wildman–Crippen MR) is 194 cm³/mol. The SMILES string of the molecule is COc1ccc(C(=O)Nc2ccc3c(c2)[C@]2(O[C@@H](CC(=O)N(CCO)Cc4ccccc4)[C@H]([Si](C)(C)O)[C@H]2C)C(=O)N3c2ccccc2)cc1. The van der Waals surface area contributed by atoms with E-state index in [9.17, 15) is 24.3 Å². The Labute approximate surface area is 293 Å². The van der Waals surface area contributed by atoms with Gasteiger partial charge in [0.2, 0.25) is 5.91 Å². The number of carbonyl (C=O) groups is 3. The van der Waals surface area contributed by atoms with Gasteiger partial charge in [-0.05, 0) is 73.3 Å². The number of fused-ring (bicyclic) bond motifs is 2. The first kappa shape index (κ1) is 35.0. The lowest BCUT2D eigenvalue weighted by Crippen LogP contribution is -2.45. The molecule has 4 aromatic carbocycles. The van der Waals surface area contributed by atoms with E-state index in [-0.39, 0.29) is 37.3 Å². The van der Waals surface area contributed by atoms with E-state index in [1.54, 1.807) is 59.4 Å². The van der Waals surface area contributed by atoms with Gasteiger partial charge in [0.05, 0.1) is 31.9 Å². The van der Waals surface area contributed by atoms with Crippen molar-refractivity contribution >= 4 is 43.1 Å². The number of hydrogen-bond acceptors (Lipinski definition) is 7. The highest BCUT2D eigenvalue weighted by Crippen LogP contribution is 2.61. The summed E-state index contributed by atoms with van der Waals surface area (Å²) in [5.74, 6) is -0.796. The van der Waals surface area contributed by atoms with Crippen molar-refractivity contribution in [3.8, 4) is 5.75 Å². The lowest BCUT2D eigenvalue weighted by molar-refractivity contribution is -0.149. The lowest BCUT2D eigenvalue weighted by atomic mass is 9.82. The molecule has 0 aliphatic carbocycles. The smallest absolute Gasteiger partial charge is 0.268 e. The number of nitrogens with one attached hydrogen (secondary N) is 1. The Morgan fingerprint density at radius 2 is 1.64 bits per heavy atom. The number of methoxy groups -OCH3 is 1. The molecule has 6 rings (SSSR count). The van der Waals surface area contributed by atoms with Crippen LogP contribution in [0.4, 0.5) is 17.1 Å². The summed E-state index contributed by atoms with van der Waals surface area (Å²) in [5, 5.41) is 12.8. The molecule has 3 amide bonds. The van der Waals surface area contributed by atoms with Gasteiger partial charge in [0.15, 0.2) is 13.9 Å². The molecule has 260 valence electrons. The average molecular weight is 694 g/mol. The molecule has 4 aromatic rings. The average Bonchev–Trinajstić information content (AvgIpc) is 3.54. The van der Waals surface area contributed by atoms with Crippen LogP contribution in [0.1, 0.15) is 34.8 Å². The molecule has 1 fully saturated rings. The van der Waals surface area contributed by atoms with Gasteiger partial charge in [-0.15, -0.1) is 0 Å². The Kier molecular flexibility index (Phi) is 9.95. The van der Waals surface area contributed by atoms with Crippen molar-refractivity contribution in [3.63, 3.8) is 0 Å². The number of aliphatic hydroxyl groups excluding tert-OH is 1. The first-order valence-corrected chi connectivity index (χ1v) is 19.8. The number of hydrogen-bond donors (Lipinski definition) is 3. The van der Waals surface area contributed by atoms with Gasteiger partial charge in [-0.3, -0.25) is 19.3 Å². The molecular formula is C39H43N3O7Si. The minimum Gasteiger partial charge on any atom is -0.497 e. The van der Waals surface area contributed by atoms with Crippen LogP contribution in [-0.4, -0.2) is 67.2 Å². The fourth-order valence-corrected chi connectivity index (χ4v) is 10.1. The van der Waals surface area contributed by atoms with Gasteiger partial charge in [-0.25, -0.2) is 0 Å². The van der Waals surface area contributed by atoms with E-state index in [1.807, 2.05) is 80.7 Å². The van der Waals surface area contributed by atoms with Crippen molar-refractivity contribution in [1.29, 1.82) is 0 Å². The Bertz CT molecular complexity index is 1850. The van der Waals surface area contributed by atoms with E-state index in [1.165, 1.54) is 0 Å². The van der Waals surface area contributed by atoms with E-state index >= 15 is 0 Å². The number of carbonyl (C=O) groups excluding carboxylic acids is 3. The Hall–Kier alpha value is -4.81. The maximum Gasteiger partial charge on any atom is 0.268 e. The maximum absolute atomic E-state index is 14.9. The zero-order valence-corrected chi connectivity index (χ0v) is 29.7. The topological polar surface area (TPSA) is 129 Å². The molecule has 2 heterocycles. The lowest BCUT2D eigenvalue weighted by Gasteiger charge is -2.32. The fourth-order valence-electron chi connectivity index (χ4n) is 7.58. The minimum atomic E-state index is -3.08. The molecule has 1 spiro atoms. The second-order valence-electron chi connectivity index (χ2n) is 13.5. The molecule has 0 aromatic heterocycles. The van der Waals surface area contributed by atoms with Crippen molar-refractivity contribution in [2.24, 2.45) is 5.92 Å². The zero-order chi connectivity index (χ0) is 35.6. The highest BCUT2D eigenvalue weighted by Gasteiger charge is 2.66. The number of nitrogens with zero attached hydrogens (tertiary/aromatic N) is 2. The van der Waals surface area contributed by atoms with Gasteiger partial charge in [0.25, 0.3) is 11.8 Å². The predicted octanol–water partition coefficient (Wildman–Crippen LogP) is 5.83. The summed E-state index contributed by atoms with van der Waals surface area (Å²) in [6.07, 6.45) is -0.867. The van der Waals surface area contributed by atoms with Crippen molar-refractivity contribution in [2.75, 3.05) is 30.5 Å². The summed E-state index contributed by atoms with van der Waals surface area (Å²) >= 11 is 0. The van der Waals surface area contributed by atoms with E-state index in [4.69, 9.17) is 9.47 Å². The minimum absolute atomic E-state index is 0.0809. The van der Waals surface area contributed by atoms with Crippen molar-refractivity contribution in [2.45, 2.75) is 50.2 Å². The van der Waals surface area contributed by atoms with Crippen molar-refractivity contribution < 1.29 is 33.8 Å². The van der Waals surface area contributed by atoms with E-state index in [0.29, 0.717) is 40.5 Å². The van der Waals surface area contributed by atoms with Crippen LogP contribution in [0.2, 0.25) is 18.6 Å². The van der Waals surface area contributed by atoms with Gasteiger partial charge < -0.3 is 29.6 Å². The second-order valence-corrected chi connectivity index (χ2v) is 17.5. The second kappa shape index (κ2) is 14.2. The molecule has 2 aliphatic heterocycles. The van der Waals surface area contributed by atoms with Gasteiger partial charge in [-0.2, -0.15) is 0 Å². The number of rotatable bonds is 11. The van der Waals surface area contributed by atoms with E-state index < -0.39 is 31.5 Å². The number of para-hydroxylation sites is 1. The highest BCUT2D eigenvalue weighted by atomic mass is 28.4. The van der Waals surface area contributed by atoms with Crippen LogP contribution in [0.25, 0.3) is 0 Å². The number of benzene rings is 4. The summed E-state index contributed by atoms with van der Waals surface area (Å²) in [7, 11) is -1.52. The van der Waals surface area contributed by atoms with Crippen molar-refractivity contribution in [3.05, 3.63) is 120 Å². The molecule has 50 heavy (non-hydrogen) atoms. The molecule has 0 radical (unpaired) electrons. The third-order valence-electron chi connectivity index (χ3n) is 9.83. The summed E-state index contributed by atoms with van der Waals surface area (Å²) in [4.78, 5) is 57.1. The standard InChI is InChI=1S/C39H43N3O7Si/c1-26-36(50(3,4)47)34(24-35(44)41(21-22-43)25-27-11-7-5-8-12-27)49-39(26)32-23-29(40-37(45)28-15-18-31(48-2)19-16-28)17-20-33(32)42(38(39)46)30-13-9-6-10-14-30/h5-20,23,26,34,36,43,47H,21-22,24-25H2,1-4H3,(H,40,45)/t26-,34+,36-,39+/m1/s1. The first-order valence-electron chi connectivity index (χ1n) is 16.8. The molecule has 0 bridgehead atoms. The van der Waals surface area contributed by atoms with Crippen LogP contribution in [0.3, 0.4) is 0 Å². The summed E-state index contributed by atoms with van der Waals surface area (Å²) < 4.78 is 12.1. The number of amides is 3. The fraction of sp³-hybridized carbons (Fsp3) is 0.308. The van der Waals surface area contributed by atoms with E-state index in [2.05, 4.69) is 5.32 Å². The molecule has 4 atom stereocenters. The normalized spacial score (nSPS) is 21.3. The number of ether oxygens (including phenoxy) is 2. The van der Waals surface area contributed by atoms with Gasteiger partial charge in [-0.1, -0.05) is 55.5 Å². The van der Waals surface area contributed by atoms with Crippen LogP contribution in [0, 0.1) is 5.92 Å². The monoisotopic (exact) mass is 693 g/mol. The first-order chi connectivity index (χ1) is 24.0. The largest absolute Gasteiger partial charge is 0.497 e. The molecule has 0 unspecified atom stereocenters. The quantitative estimate of drug-likeness (QED) is 0.169. The summed E-state index contributed by atoms with van der Waals surface area (Å²) in [5.41, 5.74) is 1.59. The van der Waals surface area contributed by atoms with Crippen LogP contribution < -0.4 is 15.0 Å². The summed E-state index contributed by atoms with van der Waals surface area (Å²) in [6, 6.07) is 30.9. The molecule has 2 aliphatic rings. The van der Waals surface area contributed by atoms with Gasteiger partial charge in [0.1, 0.15) is 5.75 Å². The van der Waals surface area contributed by atoms with Crippen LogP contribution >= 0.6 is 0 Å². The summed E-state index contributed by atoms with van der Waals surface area (Å²) in [6.45, 7) is 5.76. The van der Waals surface area contributed by atoms with Crippen molar-refractivity contribution in [1.82, 2.24) is 4.90 Å². The maximum atomic E-state index is 14.9. The third-order valence-corrected chi connectivity index (χ3v) is 12.3. The van der Waals surface area contributed by atoms with Crippen LogP contribution in [0.15, 0.2) is 103 Å². The highest BCUT2D eigenvalue weighted by molar-refractivity contribution is 6.71. The molecule has 3 N–H and O–H groups in total. The number of aliphatic hydroxyl groups is 1. The number of anilines is 3. The van der Waals surface area contributed by atoms with Crippen LogP contribution in [-0.2, 0) is 26.5 Å². The van der Waals surface area contributed by atoms with E-state index in [0.717, 1.165) is 5.56 Å². The van der Waals surface area contributed by atoms with Gasteiger partial charge in [0, 0.05) is 47.1 Å². The van der Waals surface area contributed by atoms with Gasteiger partial charge >= 0.3 is 0 Å². The third kappa shape index (κ3) is 6.57. The Morgan fingerprint density at radius 1 is 0.980 bits per heavy atom. The zero-order valence-electron chi connectivity index (χ0n) is 28.7.